The van der Waals surface area contributed by atoms with Crippen LogP contribution in [0.15, 0.2) is 28.7 Å². The van der Waals surface area contributed by atoms with Gasteiger partial charge in [0, 0.05) is 45.5 Å². The Morgan fingerprint density at radius 2 is 2.15 bits per heavy atom. The standard InChI is InChI=1S/C24H30N6O3/c1-3-28-9-11-29(12-10-28)22-20(24(32)30-8-4-6-17(2)21(30)27-22)14-18(15-25)23(31)26-16-19-7-5-13-33-19/h4,6,8,14,19H,3,5,7,9-13,16H2,1-2H3,(H,26,31)/b18-14+. The molecule has 9 heteroatoms. The molecular formula is C24H30N6O3. The predicted octanol–water partition coefficient (Wildman–Crippen LogP) is 1.35. The van der Waals surface area contributed by atoms with Crippen molar-refractivity contribution in [2.24, 2.45) is 0 Å². The molecule has 1 atom stereocenters. The first-order valence-electron chi connectivity index (χ1n) is 11.5. The van der Waals surface area contributed by atoms with Crippen molar-refractivity contribution < 1.29 is 9.53 Å². The molecule has 1 unspecified atom stereocenters. The molecule has 0 aromatic carbocycles. The van der Waals surface area contributed by atoms with Gasteiger partial charge in [-0.1, -0.05) is 13.0 Å². The van der Waals surface area contributed by atoms with Crippen LogP contribution in [0, 0.1) is 18.3 Å². The number of carbonyl (C=O) groups is 1. The second kappa shape index (κ2) is 10.1. The van der Waals surface area contributed by atoms with Crippen molar-refractivity contribution in [3.8, 4) is 6.07 Å². The van der Waals surface area contributed by atoms with Gasteiger partial charge in [0.2, 0.25) is 0 Å². The van der Waals surface area contributed by atoms with Gasteiger partial charge in [0.05, 0.1) is 11.7 Å². The summed E-state index contributed by atoms with van der Waals surface area (Å²) in [5.74, 6) is 0.00761. The smallest absolute Gasteiger partial charge is 0.267 e. The number of hydrogen-bond donors (Lipinski definition) is 1. The molecule has 2 aromatic rings. The number of rotatable bonds is 6. The largest absolute Gasteiger partial charge is 0.376 e. The lowest BCUT2D eigenvalue weighted by Crippen LogP contribution is -2.47. The van der Waals surface area contributed by atoms with Gasteiger partial charge in [0.15, 0.2) is 0 Å². The van der Waals surface area contributed by atoms with E-state index in [0.29, 0.717) is 24.6 Å². The van der Waals surface area contributed by atoms with Crippen molar-refractivity contribution in [2.45, 2.75) is 32.8 Å². The summed E-state index contributed by atoms with van der Waals surface area (Å²) in [7, 11) is 0. The van der Waals surface area contributed by atoms with E-state index >= 15 is 0 Å². The first-order valence-corrected chi connectivity index (χ1v) is 11.5. The molecule has 0 radical (unpaired) electrons. The van der Waals surface area contributed by atoms with Crippen LogP contribution in [0.5, 0.6) is 0 Å². The number of hydrogen-bond acceptors (Lipinski definition) is 7. The summed E-state index contributed by atoms with van der Waals surface area (Å²) in [4.78, 5) is 35.5. The summed E-state index contributed by atoms with van der Waals surface area (Å²) in [5.41, 5.74) is 1.30. The van der Waals surface area contributed by atoms with Gasteiger partial charge in [0.1, 0.15) is 23.1 Å². The van der Waals surface area contributed by atoms with Crippen molar-refractivity contribution >= 4 is 23.4 Å². The molecule has 9 nitrogen and oxygen atoms in total. The molecule has 2 aliphatic heterocycles. The summed E-state index contributed by atoms with van der Waals surface area (Å²) in [6.45, 7) is 9.21. The first kappa shape index (κ1) is 23.0. The van der Waals surface area contributed by atoms with Crippen LogP contribution in [0.4, 0.5) is 5.82 Å². The molecule has 4 rings (SSSR count). The molecule has 2 aliphatic rings. The molecule has 0 bridgehead atoms. The Balaban J connectivity index is 1.72. The number of nitrogens with zero attached hydrogens (tertiary/aromatic N) is 5. The summed E-state index contributed by atoms with van der Waals surface area (Å²) >= 11 is 0. The van der Waals surface area contributed by atoms with Gasteiger partial charge in [-0.25, -0.2) is 4.98 Å². The van der Waals surface area contributed by atoms with Gasteiger partial charge in [-0.3, -0.25) is 14.0 Å². The summed E-state index contributed by atoms with van der Waals surface area (Å²) < 4.78 is 7.02. The Morgan fingerprint density at radius 3 is 2.82 bits per heavy atom. The number of aryl methyl sites for hydroxylation is 1. The lowest BCUT2D eigenvalue weighted by molar-refractivity contribution is -0.117. The monoisotopic (exact) mass is 450 g/mol. The fraction of sp³-hybridized carbons (Fsp3) is 0.500. The third-order valence-electron chi connectivity index (χ3n) is 6.35. The number of amides is 1. The van der Waals surface area contributed by atoms with E-state index in [1.54, 1.807) is 12.3 Å². The highest BCUT2D eigenvalue weighted by Gasteiger charge is 2.24. The minimum atomic E-state index is -0.511. The average molecular weight is 451 g/mol. The summed E-state index contributed by atoms with van der Waals surface area (Å²) in [6, 6.07) is 5.67. The fourth-order valence-corrected chi connectivity index (χ4v) is 4.34. The predicted molar refractivity (Wildman–Crippen MR) is 126 cm³/mol. The number of fused-ring (bicyclic) bond motifs is 1. The summed E-state index contributed by atoms with van der Waals surface area (Å²) in [6.07, 6.45) is 4.87. The minimum absolute atomic E-state index is 0.0322. The van der Waals surface area contributed by atoms with Crippen molar-refractivity contribution in [1.29, 1.82) is 5.26 Å². The van der Waals surface area contributed by atoms with Gasteiger partial charge in [-0.05, 0) is 44.0 Å². The summed E-state index contributed by atoms with van der Waals surface area (Å²) in [5, 5.41) is 12.5. The first-order chi connectivity index (χ1) is 16.0. The fourth-order valence-electron chi connectivity index (χ4n) is 4.34. The average Bonchev–Trinajstić information content (AvgIpc) is 3.36. The zero-order valence-electron chi connectivity index (χ0n) is 19.2. The molecule has 2 aromatic heterocycles. The second-order valence-electron chi connectivity index (χ2n) is 8.48. The molecule has 0 aliphatic carbocycles. The van der Waals surface area contributed by atoms with Gasteiger partial charge in [-0.15, -0.1) is 0 Å². The Hall–Kier alpha value is -3.22. The molecule has 2 saturated heterocycles. The van der Waals surface area contributed by atoms with Crippen LogP contribution >= 0.6 is 0 Å². The molecule has 2 fully saturated rings. The van der Waals surface area contributed by atoms with Crippen molar-refractivity contribution in [1.82, 2.24) is 19.6 Å². The Bertz CT molecular complexity index is 1150. The number of carbonyl (C=O) groups excluding carboxylic acids is 1. The van der Waals surface area contributed by atoms with Crippen LogP contribution in [0.25, 0.3) is 11.7 Å². The van der Waals surface area contributed by atoms with E-state index < -0.39 is 5.91 Å². The molecule has 4 heterocycles. The maximum absolute atomic E-state index is 13.5. The van der Waals surface area contributed by atoms with E-state index in [-0.39, 0.29) is 22.8 Å². The lowest BCUT2D eigenvalue weighted by atomic mass is 10.1. The molecular weight excluding hydrogens is 420 g/mol. The van der Waals surface area contributed by atoms with E-state index in [2.05, 4.69) is 22.0 Å². The molecule has 0 spiro atoms. The molecule has 1 amide bonds. The number of piperazine rings is 1. The van der Waals surface area contributed by atoms with Crippen LogP contribution in [0.3, 0.4) is 0 Å². The van der Waals surface area contributed by atoms with Crippen molar-refractivity contribution in [3.63, 3.8) is 0 Å². The van der Waals surface area contributed by atoms with E-state index in [0.717, 1.165) is 51.1 Å². The van der Waals surface area contributed by atoms with E-state index in [4.69, 9.17) is 9.72 Å². The van der Waals surface area contributed by atoms with Crippen LogP contribution in [-0.4, -0.2) is 72.2 Å². The zero-order valence-corrected chi connectivity index (χ0v) is 19.2. The number of likely N-dealkylation sites (N-methyl/N-ethyl adjacent to an activating group) is 1. The molecule has 1 N–H and O–H groups in total. The maximum Gasteiger partial charge on any atom is 0.267 e. The van der Waals surface area contributed by atoms with Crippen LogP contribution in [-0.2, 0) is 9.53 Å². The van der Waals surface area contributed by atoms with Crippen LogP contribution in [0.1, 0.15) is 30.9 Å². The Kier molecular flexibility index (Phi) is 7.06. The number of ether oxygens (including phenoxy) is 1. The van der Waals surface area contributed by atoms with Gasteiger partial charge in [-0.2, -0.15) is 5.26 Å². The van der Waals surface area contributed by atoms with Crippen LogP contribution < -0.4 is 15.8 Å². The van der Waals surface area contributed by atoms with E-state index in [9.17, 15) is 14.9 Å². The topological polar surface area (TPSA) is 103 Å². The van der Waals surface area contributed by atoms with Crippen molar-refractivity contribution in [3.05, 3.63) is 45.4 Å². The zero-order chi connectivity index (χ0) is 23.4. The Labute approximate surface area is 193 Å². The van der Waals surface area contributed by atoms with E-state index in [1.807, 2.05) is 19.1 Å². The second-order valence-corrected chi connectivity index (χ2v) is 8.48. The third kappa shape index (κ3) is 4.92. The Morgan fingerprint density at radius 1 is 1.36 bits per heavy atom. The van der Waals surface area contributed by atoms with Gasteiger partial charge >= 0.3 is 0 Å². The normalized spacial score (nSPS) is 19.6. The SMILES string of the molecule is CCN1CCN(c2nc3c(C)cccn3c(=O)c2/C=C(\C#N)C(=O)NCC2CCCO2)CC1. The number of nitrogens with one attached hydrogen (secondary N) is 1. The minimum Gasteiger partial charge on any atom is -0.376 e. The molecule has 174 valence electrons. The van der Waals surface area contributed by atoms with Crippen LogP contribution in [0.2, 0.25) is 0 Å². The molecule has 0 saturated carbocycles. The van der Waals surface area contributed by atoms with Gasteiger partial charge < -0.3 is 19.9 Å². The third-order valence-corrected chi connectivity index (χ3v) is 6.35. The number of aromatic nitrogens is 2. The number of anilines is 1. The highest BCUT2D eigenvalue weighted by Crippen LogP contribution is 2.22. The number of nitriles is 1. The molecule has 33 heavy (non-hydrogen) atoms. The van der Waals surface area contributed by atoms with Crippen molar-refractivity contribution in [2.75, 3.05) is 50.8 Å². The highest BCUT2D eigenvalue weighted by molar-refractivity contribution is 6.02. The lowest BCUT2D eigenvalue weighted by Gasteiger charge is -2.35. The number of pyridine rings is 1. The van der Waals surface area contributed by atoms with Gasteiger partial charge in [0.25, 0.3) is 11.5 Å². The quantitative estimate of drug-likeness (QED) is 0.523. The maximum atomic E-state index is 13.5. The highest BCUT2D eigenvalue weighted by atomic mass is 16.5. The van der Waals surface area contributed by atoms with E-state index in [1.165, 1.54) is 10.5 Å².